The lowest BCUT2D eigenvalue weighted by molar-refractivity contribution is 0.0836. The van der Waals surface area contributed by atoms with Gasteiger partial charge in [0.15, 0.2) is 17.2 Å². The zero-order valence-corrected chi connectivity index (χ0v) is 10.8. The highest BCUT2D eigenvalue weighted by Gasteiger charge is 2.41. The van der Waals surface area contributed by atoms with Crippen molar-refractivity contribution in [1.82, 2.24) is 5.32 Å². The second-order valence-corrected chi connectivity index (χ2v) is 5.06. The van der Waals surface area contributed by atoms with E-state index in [0.29, 0.717) is 11.8 Å². The van der Waals surface area contributed by atoms with Crippen molar-refractivity contribution in [3.05, 3.63) is 35.8 Å². The third kappa shape index (κ3) is 1.87. The fourth-order valence-corrected chi connectivity index (χ4v) is 2.84. The summed E-state index contributed by atoms with van der Waals surface area (Å²) in [4.78, 5) is 12.6. The normalized spacial score (nSPS) is 23.1. The molecule has 1 unspecified atom stereocenters. The summed E-state index contributed by atoms with van der Waals surface area (Å²) in [6.07, 6.45) is 2.50. The van der Waals surface area contributed by atoms with E-state index in [2.05, 4.69) is 5.32 Å². The number of halogens is 1. The Labute approximate surface area is 110 Å². The van der Waals surface area contributed by atoms with Crippen molar-refractivity contribution in [3.8, 4) is 0 Å². The summed E-state index contributed by atoms with van der Waals surface area (Å²) in [7, 11) is 0. The summed E-state index contributed by atoms with van der Waals surface area (Å²) in [5.41, 5.74) is -0.375. The van der Waals surface area contributed by atoms with E-state index >= 15 is 0 Å². The average molecular weight is 261 g/mol. The number of hydrogen-bond acceptors (Lipinski definition) is 3. The van der Waals surface area contributed by atoms with Gasteiger partial charge in [0.25, 0.3) is 0 Å². The van der Waals surface area contributed by atoms with Crippen molar-refractivity contribution in [2.45, 2.75) is 31.7 Å². The number of ketones is 1. The van der Waals surface area contributed by atoms with Gasteiger partial charge in [-0.05, 0) is 37.9 Å². The summed E-state index contributed by atoms with van der Waals surface area (Å²) in [6, 6.07) is 6.34. The molecule has 1 aliphatic heterocycles. The van der Waals surface area contributed by atoms with Gasteiger partial charge >= 0.3 is 0 Å². The van der Waals surface area contributed by atoms with Gasteiger partial charge in [0.1, 0.15) is 0 Å². The number of carbonyl (C=O) groups is 1. The molecule has 1 aliphatic rings. The Balaban J connectivity index is 2.04. The van der Waals surface area contributed by atoms with Crippen LogP contribution >= 0.6 is 0 Å². The van der Waals surface area contributed by atoms with Gasteiger partial charge in [-0.1, -0.05) is 19.1 Å². The maximum Gasteiger partial charge on any atom is 0.217 e. The van der Waals surface area contributed by atoms with Crippen molar-refractivity contribution < 1.29 is 13.6 Å². The largest absolute Gasteiger partial charge is 0.450 e. The van der Waals surface area contributed by atoms with Gasteiger partial charge in [-0.25, -0.2) is 4.39 Å². The highest BCUT2D eigenvalue weighted by Crippen LogP contribution is 2.30. The molecule has 4 heteroatoms. The molecular formula is C15H16FNO2. The molecule has 100 valence electrons. The van der Waals surface area contributed by atoms with Crippen LogP contribution in [0, 0.1) is 5.82 Å². The van der Waals surface area contributed by atoms with E-state index in [1.807, 2.05) is 6.92 Å². The number of nitrogens with one attached hydrogen (secondary N) is 1. The number of carbonyl (C=O) groups excluding carboxylic acids is 1. The molecule has 1 aromatic heterocycles. The zero-order valence-electron chi connectivity index (χ0n) is 10.8. The maximum atomic E-state index is 13.6. The van der Waals surface area contributed by atoms with E-state index in [4.69, 9.17) is 4.42 Å². The average Bonchev–Trinajstić information content (AvgIpc) is 3.06. The lowest BCUT2D eigenvalue weighted by Gasteiger charge is -2.24. The van der Waals surface area contributed by atoms with Crippen LogP contribution in [0.2, 0.25) is 0 Å². The number of furan rings is 1. The summed E-state index contributed by atoms with van der Waals surface area (Å²) >= 11 is 0. The number of fused-ring (bicyclic) bond motifs is 1. The monoisotopic (exact) mass is 261 g/mol. The van der Waals surface area contributed by atoms with Crippen LogP contribution < -0.4 is 5.32 Å². The summed E-state index contributed by atoms with van der Waals surface area (Å²) in [6.45, 7) is 2.83. The molecule has 0 radical (unpaired) electrons. The Morgan fingerprint density at radius 2 is 2.37 bits per heavy atom. The fourth-order valence-electron chi connectivity index (χ4n) is 2.84. The first-order valence-electron chi connectivity index (χ1n) is 6.64. The van der Waals surface area contributed by atoms with Crippen LogP contribution in [0.5, 0.6) is 0 Å². The van der Waals surface area contributed by atoms with Crippen molar-refractivity contribution in [2.24, 2.45) is 0 Å². The van der Waals surface area contributed by atoms with E-state index in [9.17, 15) is 9.18 Å². The minimum atomic E-state index is -0.537. The first-order chi connectivity index (χ1) is 9.16. The van der Waals surface area contributed by atoms with Gasteiger partial charge < -0.3 is 9.73 Å². The molecule has 0 bridgehead atoms. The fraction of sp³-hybridized carbons (Fsp3) is 0.400. The Hall–Kier alpha value is -1.68. The summed E-state index contributed by atoms with van der Waals surface area (Å²) in [5.74, 6) is -0.249. The van der Waals surface area contributed by atoms with Gasteiger partial charge in [-0.2, -0.15) is 0 Å². The van der Waals surface area contributed by atoms with Gasteiger partial charge in [0.05, 0.1) is 5.54 Å². The molecule has 0 saturated carbocycles. The first-order valence-corrected chi connectivity index (χ1v) is 6.64. The standard InChI is InChI=1S/C15H16FNO2/c1-2-15(7-4-8-17-15)14(18)12-9-10-5-3-6-11(16)13(10)19-12/h3,5-6,9,17H,2,4,7-8H2,1H3. The molecule has 1 N–H and O–H groups in total. The number of rotatable bonds is 3. The second-order valence-electron chi connectivity index (χ2n) is 5.06. The third-order valence-electron chi connectivity index (χ3n) is 4.00. The number of para-hydroxylation sites is 1. The van der Waals surface area contributed by atoms with Crippen molar-refractivity contribution >= 4 is 16.8 Å². The van der Waals surface area contributed by atoms with Crippen LogP contribution in [0.25, 0.3) is 11.0 Å². The molecule has 0 spiro atoms. The van der Waals surface area contributed by atoms with Gasteiger partial charge in [0.2, 0.25) is 5.78 Å². The first kappa shape index (κ1) is 12.4. The van der Waals surface area contributed by atoms with E-state index < -0.39 is 11.4 Å². The Morgan fingerprint density at radius 1 is 1.53 bits per heavy atom. The smallest absolute Gasteiger partial charge is 0.217 e. The minimum Gasteiger partial charge on any atom is -0.450 e. The van der Waals surface area contributed by atoms with E-state index in [0.717, 1.165) is 19.4 Å². The number of hydrogen-bond donors (Lipinski definition) is 1. The molecule has 1 saturated heterocycles. The topological polar surface area (TPSA) is 42.2 Å². The molecule has 1 aromatic carbocycles. The van der Waals surface area contributed by atoms with Gasteiger partial charge in [-0.3, -0.25) is 4.79 Å². The maximum absolute atomic E-state index is 13.6. The third-order valence-corrected chi connectivity index (χ3v) is 4.00. The van der Waals surface area contributed by atoms with Gasteiger partial charge in [0, 0.05) is 5.39 Å². The lowest BCUT2D eigenvalue weighted by atomic mass is 9.88. The predicted molar refractivity (Wildman–Crippen MR) is 70.8 cm³/mol. The zero-order chi connectivity index (χ0) is 13.5. The van der Waals surface area contributed by atoms with Crippen LogP contribution in [-0.2, 0) is 0 Å². The van der Waals surface area contributed by atoms with Gasteiger partial charge in [-0.15, -0.1) is 0 Å². The number of Topliss-reactive ketones (excluding diaryl/α,β-unsaturated/α-hetero) is 1. The van der Waals surface area contributed by atoms with E-state index in [-0.39, 0.29) is 17.1 Å². The minimum absolute atomic E-state index is 0.0666. The molecule has 1 fully saturated rings. The van der Waals surface area contributed by atoms with Crippen LogP contribution in [0.1, 0.15) is 36.7 Å². The van der Waals surface area contributed by atoms with Crippen LogP contribution in [0.3, 0.4) is 0 Å². The van der Waals surface area contributed by atoms with Crippen LogP contribution in [0.15, 0.2) is 28.7 Å². The highest BCUT2D eigenvalue weighted by atomic mass is 19.1. The van der Waals surface area contributed by atoms with Crippen molar-refractivity contribution in [1.29, 1.82) is 0 Å². The van der Waals surface area contributed by atoms with E-state index in [1.165, 1.54) is 6.07 Å². The second kappa shape index (κ2) is 4.46. The van der Waals surface area contributed by atoms with Crippen LogP contribution in [-0.4, -0.2) is 17.9 Å². The predicted octanol–water partition coefficient (Wildman–Crippen LogP) is 3.29. The summed E-state index contributed by atoms with van der Waals surface area (Å²) in [5, 5.41) is 3.91. The molecule has 2 heterocycles. The molecular weight excluding hydrogens is 245 g/mol. The van der Waals surface area contributed by atoms with Crippen molar-refractivity contribution in [2.75, 3.05) is 6.54 Å². The molecule has 2 aromatic rings. The molecule has 1 atom stereocenters. The molecule has 19 heavy (non-hydrogen) atoms. The molecule has 3 rings (SSSR count). The Kier molecular flexibility index (Phi) is 2.90. The number of benzene rings is 1. The van der Waals surface area contributed by atoms with Crippen molar-refractivity contribution in [3.63, 3.8) is 0 Å². The van der Waals surface area contributed by atoms with E-state index in [1.54, 1.807) is 18.2 Å². The quantitative estimate of drug-likeness (QED) is 0.862. The summed E-state index contributed by atoms with van der Waals surface area (Å²) < 4.78 is 19.0. The van der Waals surface area contributed by atoms with Crippen LogP contribution in [0.4, 0.5) is 4.39 Å². The Bertz CT molecular complexity index is 626. The highest BCUT2D eigenvalue weighted by molar-refractivity contribution is 6.03. The molecule has 0 aliphatic carbocycles. The molecule has 3 nitrogen and oxygen atoms in total. The lowest BCUT2D eigenvalue weighted by Crippen LogP contribution is -2.46. The molecule has 0 amide bonds. The Morgan fingerprint density at radius 3 is 3.00 bits per heavy atom. The SMILES string of the molecule is CCC1(C(=O)c2cc3cccc(F)c3o2)CCCN1.